The number of nitrogens with one attached hydrogen (secondary N) is 1. The average Bonchev–Trinajstić information content (AvgIpc) is 2.76. The minimum atomic E-state index is -0.746. The van der Waals surface area contributed by atoms with Gasteiger partial charge in [-0.3, -0.25) is 9.20 Å². The average molecular weight is 239 g/mol. The second-order valence-corrected chi connectivity index (χ2v) is 4.37. The Balaban J connectivity index is 1.74. The highest BCUT2D eigenvalue weighted by Crippen LogP contribution is 2.10. The number of imidazole rings is 1. The summed E-state index contributed by atoms with van der Waals surface area (Å²) in [5.41, 5.74) is 0.988. The number of carboxylic acids is 1. The summed E-state index contributed by atoms with van der Waals surface area (Å²) in [4.78, 5) is 15.7. The molecule has 0 saturated heterocycles. The lowest BCUT2D eigenvalue weighted by Gasteiger charge is -1.99. The Labute approximate surface area is 96.7 Å². The van der Waals surface area contributed by atoms with E-state index in [1.54, 1.807) is 11.3 Å². The zero-order valence-corrected chi connectivity index (χ0v) is 9.54. The van der Waals surface area contributed by atoms with E-state index in [0.29, 0.717) is 19.5 Å². The van der Waals surface area contributed by atoms with Crippen molar-refractivity contribution in [1.82, 2.24) is 14.7 Å². The number of aromatic nitrogens is 2. The molecule has 0 saturated carbocycles. The van der Waals surface area contributed by atoms with Crippen molar-refractivity contribution in [2.75, 3.05) is 6.54 Å². The van der Waals surface area contributed by atoms with Gasteiger partial charge in [-0.25, -0.2) is 4.98 Å². The summed E-state index contributed by atoms with van der Waals surface area (Å²) in [6.07, 6.45) is 4.82. The van der Waals surface area contributed by atoms with Crippen LogP contribution < -0.4 is 5.32 Å². The third-order valence-electron chi connectivity index (χ3n) is 2.19. The van der Waals surface area contributed by atoms with E-state index >= 15 is 0 Å². The Morgan fingerprint density at radius 2 is 2.50 bits per heavy atom. The van der Waals surface area contributed by atoms with E-state index in [1.807, 2.05) is 22.2 Å². The van der Waals surface area contributed by atoms with Crippen molar-refractivity contribution in [2.24, 2.45) is 0 Å². The molecule has 2 rings (SSSR count). The summed E-state index contributed by atoms with van der Waals surface area (Å²) >= 11 is 1.60. The summed E-state index contributed by atoms with van der Waals surface area (Å²) in [6, 6.07) is 0. The predicted molar refractivity (Wildman–Crippen MR) is 61.6 cm³/mol. The molecule has 0 amide bonds. The molecule has 2 heterocycles. The highest BCUT2D eigenvalue weighted by atomic mass is 32.1. The van der Waals surface area contributed by atoms with E-state index in [0.717, 1.165) is 10.7 Å². The number of nitrogens with zero attached hydrogens (tertiary/aromatic N) is 2. The van der Waals surface area contributed by atoms with Crippen LogP contribution in [0.1, 0.15) is 18.5 Å². The molecule has 6 heteroatoms. The molecule has 0 aromatic carbocycles. The molecule has 16 heavy (non-hydrogen) atoms. The molecule has 2 aromatic rings. The number of rotatable bonds is 6. The lowest BCUT2D eigenvalue weighted by atomic mass is 10.3. The van der Waals surface area contributed by atoms with Gasteiger partial charge in [0, 0.05) is 30.7 Å². The third-order valence-corrected chi connectivity index (χ3v) is 2.96. The number of carbonyl (C=O) groups is 1. The van der Waals surface area contributed by atoms with Crippen LogP contribution in [0.25, 0.3) is 4.96 Å². The number of fused-ring (bicyclic) bond motifs is 1. The van der Waals surface area contributed by atoms with Crippen molar-refractivity contribution >= 4 is 22.3 Å². The van der Waals surface area contributed by atoms with Crippen LogP contribution in [0.5, 0.6) is 0 Å². The molecule has 0 fully saturated rings. The molecule has 0 aliphatic carbocycles. The fourth-order valence-corrected chi connectivity index (χ4v) is 2.16. The number of carboxylic acid groups (broad SMARTS) is 1. The van der Waals surface area contributed by atoms with Crippen LogP contribution in [0.15, 0.2) is 17.8 Å². The van der Waals surface area contributed by atoms with E-state index in [4.69, 9.17) is 5.11 Å². The van der Waals surface area contributed by atoms with E-state index in [9.17, 15) is 4.79 Å². The number of hydrogen-bond acceptors (Lipinski definition) is 4. The molecule has 0 atom stereocenters. The van der Waals surface area contributed by atoms with Crippen molar-refractivity contribution in [1.29, 1.82) is 0 Å². The topological polar surface area (TPSA) is 66.6 Å². The van der Waals surface area contributed by atoms with Gasteiger partial charge in [0.05, 0.1) is 5.69 Å². The van der Waals surface area contributed by atoms with E-state index < -0.39 is 5.97 Å². The second-order valence-electron chi connectivity index (χ2n) is 3.50. The summed E-state index contributed by atoms with van der Waals surface area (Å²) < 4.78 is 1.99. The molecule has 0 unspecified atom stereocenters. The van der Waals surface area contributed by atoms with Gasteiger partial charge in [0.2, 0.25) is 0 Å². The fourth-order valence-electron chi connectivity index (χ4n) is 1.44. The summed E-state index contributed by atoms with van der Waals surface area (Å²) in [5.74, 6) is -0.746. The standard InChI is InChI=1S/C10H13N3O2S/c14-9(15)2-1-3-11-6-8-7-13-4-5-16-10(13)12-8/h4-5,7,11H,1-3,6H2,(H,14,15). The Morgan fingerprint density at radius 3 is 3.25 bits per heavy atom. The molecule has 5 nitrogen and oxygen atoms in total. The van der Waals surface area contributed by atoms with Crippen LogP contribution in [0.3, 0.4) is 0 Å². The van der Waals surface area contributed by atoms with Gasteiger partial charge in [0.1, 0.15) is 0 Å². The normalized spacial score (nSPS) is 11.0. The molecule has 2 aromatic heterocycles. The van der Waals surface area contributed by atoms with Gasteiger partial charge in [-0.2, -0.15) is 0 Å². The van der Waals surface area contributed by atoms with Crippen molar-refractivity contribution < 1.29 is 9.90 Å². The van der Waals surface area contributed by atoms with Crippen molar-refractivity contribution in [3.8, 4) is 0 Å². The van der Waals surface area contributed by atoms with E-state index in [2.05, 4.69) is 10.3 Å². The fraction of sp³-hybridized carbons (Fsp3) is 0.400. The van der Waals surface area contributed by atoms with Gasteiger partial charge in [0.25, 0.3) is 0 Å². The molecule has 2 N–H and O–H groups in total. The number of aliphatic carboxylic acids is 1. The Kier molecular flexibility index (Phi) is 3.53. The highest BCUT2D eigenvalue weighted by Gasteiger charge is 2.01. The van der Waals surface area contributed by atoms with Gasteiger partial charge in [-0.1, -0.05) is 0 Å². The van der Waals surface area contributed by atoms with E-state index in [-0.39, 0.29) is 6.42 Å². The quantitative estimate of drug-likeness (QED) is 0.747. The third kappa shape index (κ3) is 2.80. The molecule has 86 valence electrons. The van der Waals surface area contributed by atoms with Gasteiger partial charge < -0.3 is 10.4 Å². The molecule has 0 radical (unpaired) electrons. The van der Waals surface area contributed by atoms with E-state index in [1.165, 1.54) is 0 Å². The summed E-state index contributed by atoms with van der Waals surface area (Å²) in [5, 5.41) is 13.6. The molecule has 0 aliphatic heterocycles. The summed E-state index contributed by atoms with van der Waals surface area (Å²) in [7, 11) is 0. The predicted octanol–water partition coefficient (Wildman–Crippen LogP) is 1.35. The van der Waals surface area contributed by atoms with Crippen LogP contribution in [0, 0.1) is 0 Å². The maximum atomic E-state index is 10.3. The first-order chi connectivity index (χ1) is 7.75. The van der Waals surface area contributed by atoms with Crippen molar-refractivity contribution in [2.45, 2.75) is 19.4 Å². The monoisotopic (exact) mass is 239 g/mol. The Bertz CT molecular complexity index is 449. The largest absolute Gasteiger partial charge is 0.481 e. The first-order valence-corrected chi connectivity index (χ1v) is 5.97. The maximum absolute atomic E-state index is 10.3. The maximum Gasteiger partial charge on any atom is 0.303 e. The lowest BCUT2D eigenvalue weighted by Crippen LogP contribution is -2.15. The van der Waals surface area contributed by atoms with Crippen LogP contribution in [0.4, 0.5) is 0 Å². The highest BCUT2D eigenvalue weighted by molar-refractivity contribution is 7.15. The van der Waals surface area contributed by atoms with Crippen LogP contribution in [-0.2, 0) is 11.3 Å². The van der Waals surface area contributed by atoms with Crippen molar-refractivity contribution in [3.05, 3.63) is 23.5 Å². The SMILES string of the molecule is O=C(O)CCCNCc1cn2ccsc2n1. The van der Waals surface area contributed by atoms with Gasteiger partial charge in [-0.15, -0.1) is 11.3 Å². The molecular formula is C10H13N3O2S. The minimum Gasteiger partial charge on any atom is -0.481 e. The first-order valence-electron chi connectivity index (χ1n) is 5.09. The molecule has 0 aliphatic rings. The van der Waals surface area contributed by atoms with Crippen molar-refractivity contribution in [3.63, 3.8) is 0 Å². The zero-order valence-electron chi connectivity index (χ0n) is 8.72. The number of hydrogen-bond donors (Lipinski definition) is 2. The van der Waals surface area contributed by atoms with Crippen LogP contribution in [-0.4, -0.2) is 27.0 Å². The molecule has 0 bridgehead atoms. The minimum absolute atomic E-state index is 0.214. The second kappa shape index (κ2) is 5.09. The number of thiazole rings is 1. The smallest absolute Gasteiger partial charge is 0.303 e. The van der Waals surface area contributed by atoms with Gasteiger partial charge in [-0.05, 0) is 13.0 Å². The van der Waals surface area contributed by atoms with Gasteiger partial charge in [0.15, 0.2) is 4.96 Å². The summed E-state index contributed by atoms with van der Waals surface area (Å²) in [6.45, 7) is 1.39. The Morgan fingerprint density at radius 1 is 1.62 bits per heavy atom. The lowest BCUT2D eigenvalue weighted by molar-refractivity contribution is -0.137. The van der Waals surface area contributed by atoms with Crippen LogP contribution in [0.2, 0.25) is 0 Å². The Hall–Kier alpha value is -1.40. The zero-order chi connectivity index (χ0) is 11.4. The molecule has 0 spiro atoms. The molecular weight excluding hydrogens is 226 g/mol. The first kappa shape index (κ1) is 11.1. The van der Waals surface area contributed by atoms with Gasteiger partial charge >= 0.3 is 5.97 Å². The van der Waals surface area contributed by atoms with Crippen LogP contribution >= 0.6 is 11.3 Å².